The number of nitrogens with zero attached hydrogens (tertiary/aromatic N) is 4. The summed E-state index contributed by atoms with van der Waals surface area (Å²) in [6.45, 7) is 1.97. The zero-order chi connectivity index (χ0) is 12.2. The van der Waals surface area contributed by atoms with E-state index in [2.05, 4.69) is 36.6 Å². The molecule has 0 fully saturated rings. The molecular formula is C13H14N4S. The van der Waals surface area contributed by atoms with Crippen molar-refractivity contribution < 1.29 is 0 Å². The smallest absolute Gasteiger partial charge is 0.149 e. The van der Waals surface area contributed by atoms with Gasteiger partial charge in [-0.2, -0.15) is 0 Å². The van der Waals surface area contributed by atoms with Gasteiger partial charge in [0.25, 0.3) is 0 Å². The molecule has 5 heteroatoms. The molecule has 0 atom stereocenters. The van der Waals surface area contributed by atoms with Crippen molar-refractivity contribution in [2.45, 2.75) is 19.5 Å². The van der Waals surface area contributed by atoms with E-state index in [1.54, 1.807) is 11.3 Å². The predicted octanol–water partition coefficient (Wildman–Crippen LogP) is 2.90. The molecule has 0 aliphatic carbocycles. The van der Waals surface area contributed by atoms with E-state index >= 15 is 0 Å². The number of hydrogen-bond acceptors (Lipinski definition) is 3. The van der Waals surface area contributed by atoms with Gasteiger partial charge < -0.3 is 9.13 Å². The molecule has 0 aliphatic rings. The maximum absolute atomic E-state index is 4.43. The van der Waals surface area contributed by atoms with E-state index in [-0.39, 0.29) is 0 Å². The zero-order valence-corrected chi connectivity index (χ0v) is 10.8. The van der Waals surface area contributed by atoms with Crippen molar-refractivity contribution in [3.8, 4) is 10.7 Å². The summed E-state index contributed by atoms with van der Waals surface area (Å²) in [5, 5.41) is 2.08. The molecule has 0 aliphatic heterocycles. The number of rotatable bonds is 5. The van der Waals surface area contributed by atoms with E-state index in [4.69, 9.17) is 0 Å². The molecule has 3 aromatic rings. The molecule has 3 rings (SSSR count). The molecule has 0 saturated carbocycles. The van der Waals surface area contributed by atoms with Crippen LogP contribution in [0.4, 0.5) is 0 Å². The van der Waals surface area contributed by atoms with E-state index in [1.165, 1.54) is 4.88 Å². The molecule has 18 heavy (non-hydrogen) atoms. The molecule has 3 heterocycles. The van der Waals surface area contributed by atoms with E-state index in [0.29, 0.717) is 0 Å². The fourth-order valence-corrected chi connectivity index (χ4v) is 2.70. The summed E-state index contributed by atoms with van der Waals surface area (Å²) < 4.78 is 4.31. The molecule has 0 N–H and O–H groups in total. The monoisotopic (exact) mass is 258 g/mol. The standard InChI is InChI=1S/C13H14N4S/c1-3-12(18-10-1)13-15-5-9-17(13)7-2-6-16-8-4-14-11-16/h1,3-5,8-11H,2,6-7H2. The number of imidazole rings is 2. The van der Waals surface area contributed by atoms with Gasteiger partial charge in [0.15, 0.2) is 0 Å². The van der Waals surface area contributed by atoms with E-state index in [1.807, 2.05) is 31.1 Å². The van der Waals surface area contributed by atoms with Crippen molar-refractivity contribution >= 4 is 11.3 Å². The fourth-order valence-electron chi connectivity index (χ4n) is 1.96. The molecule has 92 valence electrons. The largest absolute Gasteiger partial charge is 0.337 e. The molecular weight excluding hydrogens is 244 g/mol. The highest BCUT2D eigenvalue weighted by Gasteiger charge is 2.06. The Morgan fingerprint density at radius 2 is 2.17 bits per heavy atom. The molecule has 0 aromatic carbocycles. The Hall–Kier alpha value is -1.88. The Balaban J connectivity index is 1.65. The molecule has 0 spiro atoms. The Labute approximate surface area is 110 Å². The summed E-state index contributed by atoms with van der Waals surface area (Å²) in [6.07, 6.45) is 10.6. The first-order chi connectivity index (χ1) is 8.93. The lowest BCUT2D eigenvalue weighted by Gasteiger charge is -2.06. The highest BCUT2D eigenvalue weighted by Crippen LogP contribution is 2.22. The van der Waals surface area contributed by atoms with Crippen LogP contribution in [0.25, 0.3) is 10.7 Å². The fraction of sp³-hybridized carbons (Fsp3) is 0.231. The Morgan fingerprint density at radius 3 is 2.94 bits per heavy atom. The third-order valence-corrected chi connectivity index (χ3v) is 3.70. The van der Waals surface area contributed by atoms with Gasteiger partial charge in [0, 0.05) is 37.9 Å². The minimum absolute atomic E-state index is 0.978. The first kappa shape index (κ1) is 11.2. The quantitative estimate of drug-likeness (QED) is 0.705. The molecule has 0 bridgehead atoms. The van der Waals surface area contributed by atoms with Crippen LogP contribution < -0.4 is 0 Å². The van der Waals surface area contributed by atoms with Crippen molar-refractivity contribution in [2.75, 3.05) is 0 Å². The van der Waals surface area contributed by atoms with Crippen LogP contribution in [-0.4, -0.2) is 19.1 Å². The zero-order valence-electron chi connectivity index (χ0n) is 9.94. The lowest BCUT2D eigenvalue weighted by atomic mass is 10.4. The van der Waals surface area contributed by atoms with Crippen LogP contribution in [0.5, 0.6) is 0 Å². The average Bonchev–Trinajstić information content (AvgIpc) is 3.12. The second kappa shape index (κ2) is 5.18. The summed E-state index contributed by atoms with van der Waals surface area (Å²) in [4.78, 5) is 9.69. The van der Waals surface area contributed by atoms with Crippen LogP contribution in [-0.2, 0) is 13.1 Å². The first-order valence-electron chi connectivity index (χ1n) is 5.94. The van der Waals surface area contributed by atoms with Gasteiger partial charge in [-0.05, 0) is 17.9 Å². The second-order valence-corrected chi connectivity index (χ2v) is 5.02. The molecule has 0 unspecified atom stereocenters. The minimum Gasteiger partial charge on any atom is -0.337 e. The molecule has 4 nitrogen and oxygen atoms in total. The van der Waals surface area contributed by atoms with Gasteiger partial charge in [0.05, 0.1) is 11.2 Å². The van der Waals surface area contributed by atoms with Crippen molar-refractivity contribution in [1.82, 2.24) is 19.1 Å². The van der Waals surface area contributed by atoms with Crippen LogP contribution in [0, 0.1) is 0 Å². The number of hydrogen-bond donors (Lipinski definition) is 0. The number of aryl methyl sites for hydroxylation is 2. The SMILES string of the molecule is c1csc(-c2nccn2CCCn2ccnc2)c1. The summed E-state index contributed by atoms with van der Waals surface area (Å²) in [7, 11) is 0. The minimum atomic E-state index is 0.978. The van der Waals surface area contributed by atoms with E-state index < -0.39 is 0 Å². The summed E-state index contributed by atoms with van der Waals surface area (Å²) >= 11 is 1.73. The second-order valence-electron chi connectivity index (χ2n) is 4.08. The van der Waals surface area contributed by atoms with Crippen LogP contribution in [0.15, 0.2) is 48.6 Å². The van der Waals surface area contributed by atoms with Crippen molar-refractivity contribution in [3.63, 3.8) is 0 Å². The highest BCUT2D eigenvalue weighted by atomic mass is 32.1. The normalized spacial score (nSPS) is 10.9. The van der Waals surface area contributed by atoms with Crippen LogP contribution in [0.3, 0.4) is 0 Å². The molecule has 0 amide bonds. The van der Waals surface area contributed by atoms with Gasteiger partial charge in [-0.15, -0.1) is 11.3 Å². The van der Waals surface area contributed by atoms with Gasteiger partial charge in [-0.25, -0.2) is 9.97 Å². The van der Waals surface area contributed by atoms with Crippen molar-refractivity contribution in [2.24, 2.45) is 0 Å². The third kappa shape index (κ3) is 2.36. The van der Waals surface area contributed by atoms with Crippen LogP contribution in [0.1, 0.15) is 6.42 Å². The lowest BCUT2D eigenvalue weighted by molar-refractivity contribution is 0.566. The summed E-state index contributed by atoms with van der Waals surface area (Å²) in [5.41, 5.74) is 0. The number of aromatic nitrogens is 4. The van der Waals surface area contributed by atoms with Crippen LogP contribution >= 0.6 is 11.3 Å². The van der Waals surface area contributed by atoms with Gasteiger partial charge in [-0.3, -0.25) is 0 Å². The average molecular weight is 258 g/mol. The summed E-state index contributed by atoms with van der Waals surface area (Å²) in [5.74, 6) is 1.07. The first-order valence-corrected chi connectivity index (χ1v) is 6.82. The Bertz CT molecular complexity index is 580. The molecule has 0 radical (unpaired) electrons. The van der Waals surface area contributed by atoms with Crippen molar-refractivity contribution in [3.05, 3.63) is 48.6 Å². The van der Waals surface area contributed by atoms with Gasteiger partial charge in [0.1, 0.15) is 5.82 Å². The summed E-state index contributed by atoms with van der Waals surface area (Å²) in [6, 6.07) is 4.17. The van der Waals surface area contributed by atoms with Crippen molar-refractivity contribution in [1.29, 1.82) is 0 Å². The Kier molecular flexibility index (Phi) is 3.23. The molecule has 0 saturated heterocycles. The lowest BCUT2D eigenvalue weighted by Crippen LogP contribution is -2.03. The van der Waals surface area contributed by atoms with Gasteiger partial charge in [0.2, 0.25) is 0 Å². The maximum atomic E-state index is 4.43. The van der Waals surface area contributed by atoms with E-state index in [9.17, 15) is 0 Å². The predicted molar refractivity (Wildman–Crippen MR) is 72.4 cm³/mol. The number of thiophene rings is 1. The molecule has 3 aromatic heterocycles. The highest BCUT2D eigenvalue weighted by molar-refractivity contribution is 7.13. The Morgan fingerprint density at radius 1 is 1.17 bits per heavy atom. The topological polar surface area (TPSA) is 35.6 Å². The van der Waals surface area contributed by atoms with Crippen LogP contribution in [0.2, 0.25) is 0 Å². The van der Waals surface area contributed by atoms with Gasteiger partial charge >= 0.3 is 0 Å². The van der Waals surface area contributed by atoms with Gasteiger partial charge in [-0.1, -0.05) is 6.07 Å². The van der Waals surface area contributed by atoms with E-state index in [0.717, 1.165) is 25.3 Å². The maximum Gasteiger partial charge on any atom is 0.149 e. The third-order valence-electron chi connectivity index (χ3n) is 2.83.